The molecule has 146 valence electrons. The lowest BCUT2D eigenvalue weighted by Gasteiger charge is -2.15. The second kappa shape index (κ2) is 7.27. The van der Waals surface area contributed by atoms with Gasteiger partial charge in [0.25, 0.3) is 0 Å². The summed E-state index contributed by atoms with van der Waals surface area (Å²) < 4.78 is 45.0. The third-order valence-corrected chi connectivity index (χ3v) is 4.03. The van der Waals surface area contributed by atoms with E-state index in [1.807, 2.05) is 30.3 Å². The number of alkyl halides is 3. The van der Waals surface area contributed by atoms with Gasteiger partial charge in [-0.15, -0.1) is 13.2 Å². The van der Waals surface area contributed by atoms with E-state index in [4.69, 9.17) is 0 Å². The van der Waals surface area contributed by atoms with E-state index < -0.39 is 17.5 Å². The number of para-hydroxylation sites is 3. The van der Waals surface area contributed by atoms with Crippen LogP contribution in [0.5, 0.6) is 5.75 Å². The molecule has 0 aliphatic heterocycles. The van der Waals surface area contributed by atoms with E-state index in [-0.39, 0.29) is 11.4 Å². The van der Waals surface area contributed by atoms with Crippen LogP contribution in [0.15, 0.2) is 83.9 Å². The van der Waals surface area contributed by atoms with E-state index in [1.165, 1.54) is 46.0 Å². The van der Waals surface area contributed by atoms with Crippen LogP contribution in [-0.4, -0.2) is 25.9 Å². The Morgan fingerprint density at radius 3 is 2.38 bits per heavy atom. The SMILES string of the molecule is O=c1ccn(-c2ccccc2OC(F)(F)F)nc1-c1ccnn1-c1ccccc1. The summed E-state index contributed by atoms with van der Waals surface area (Å²) >= 11 is 0. The maximum atomic E-state index is 12.7. The lowest BCUT2D eigenvalue weighted by molar-refractivity contribution is -0.274. The summed E-state index contributed by atoms with van der Waals surface area (Å²) in [7, 11) is 0. The van der Waals surface area contributed by atoms with Gasteiger partial charge in [0.15, 0.2) is 11.4 Å². The van der Waals surface area contributed by atoms with E-state index in [0.29, 0.717) is 11.4 Å². The molecule has 2 aromatic carbocycles. The quantitative estimate of drug-likeness (QED) is 0.522. The van der Waals surface area contributed by atoms with Crippen LogP contribution in [0.1, 0.15) is 0 Å². The second-order valence-corrected chi connectivity index (χ2v) is 5.95. The molecule has 0 N–H and O–H groups in total. The first-order valence-corrected chi connectivity index (χ1v) is 8.47. The Labute approximate surface area is 162 Å². The van der Waals surface area contributed by atoms with Crippen molar-refractivity contribution in [3.63, 3.8) is 0 Å². The van der Waals surface area contributed by atoms with Crippen LogP contribution in [0.25, 0.3) is 22.8 Å². The molecule has 0 spiro atoms. The van der Waals surface area contributed by atoms with Crippen molar-refractivity contribution in [1.29, 1.82) is 0 Å². The lowest BCUT2D eigenvalue weighted by Crippen LogP contribution is -2.19. The average molecular weight is 398 g/mol. The van der Waals surface area contributed by atoms with Gasteiger partial charge in [-0.2, -0.15) is 10.2 Å². The van der Waals surface area contributed by atoms with E-state index in [1.54, 1.807) is 12.1 Å². The Morgan fingerprint density at radius 2 is 1.62 bits per heavy atom. The number of hydrogen-bond donors (Lipinski definition) is 0. The first-order chi connectivity index (χ1) is 13.9. The van der Waals surface area contributed by atoms with Crippen LogP contribution in [0, 0.1) is 0 Å². The Balaban J connectivity index is 1.83. The van der Waals surface area contributed by atoms with E-state index in [2.05, 4.69) is 14.9 Å². The molecule has 4 aromatic rings. The number of nitrogens with zero attached hydrogens (tertiary/aromatic N) is 4. The van der Waals surface area contributed by atoms with E-state index >= 15 is 0 Å². The lowest BCUT2D eigenvalue weighted by atomic mass is 10.2. The summed E-state index contributed by atoms with van der Waals surface area (Å²) in [4.78, 5) is 12.5. The highest BCUT2D eigenvalue weighted by Gasteiger charge is 2.32. The summed E-state index contributed by atoms with van der Waals surface area (Å²) in [6.45, 7) is 0. The molecule has 0 atom stereocenters. The van der Waals surface area contributed by atoms with Crippen molar-refractivity contribution in [2.24, 2.45) is 0 Å². The van der Waals surface area contributed by atoms with Gasteiger partial charge in [-0.1, -0.05) is 30.3 Å². The molecule has 0 fully saturated rings. The molecule has 0 unspecified atom stereocenters. The van der Waals surface area contributed by atoms with E-state index in [9.17, 15) is 18.0 Å². The normalized spacial score (nSPS) is 11.4. The molecule has 0 aliphatic rings. The number of hydrogen-bond acceptors (Lipinski definition) is 4. The van der Waals surface area contributed by atoms with Gasteiger partial charge in [0.05, 0.1) is 17.6 Å². The minimum atomic E-state index is -4.86. The summed E-state index contributed by atoms with van der Waals surface area (Å²) in [5.74, 6) is -0.432. The molecule has 2 aromatic heterocycles. The number of rotatable bonds is 4. The van der Waals surface area contributed by atoms with Gasteiger partial charge in [-0.3, -0.25) is 4.79 Å². The van der Waals surface area contributed by atoms with Crippen molar-refractivity contribution < 1.29 is 17.9 Å². The van der Waals surface area contributed by atoms with Gasteiger partial charge in [-0.05, 0) is 30.3 Å². The molecule has 29 heavy (non-hydrogen) atoms. The summed E-state index contributed by atoms with van der Waals surface area (Å²) in [5.41, 5.74) is 0.801. The van der Waals surface area contributed by atoms with Gasteiger partial charge >= 0.3 is 6.36 Å². The van der Waals surface area contributed by atoms with E-state index in [0.717, 1.165) is 0 Å². The van der Waals surface area contributed by atoms with Crippen LogP contribution < -0.4 is 10.2 Å². The summed E-state index contributed by atoms with van der Waals surface area (Å²) in [5, 5.41) is 8.49. The first kappa shape index (κ1) is 18.5. The van der Waals surface area contributed by atoms with Crippen molar-refractivity contribution in [2.75, 3.05) is 0 Å². The highest BCUT2D eigenvalue weighted by Crippen LogP contribution is 2.28. The fourth-order valence-corrected chi connectivity index (χ4v) is 2.83. The van der Waals surface area contributed by atoms with Crippen molar-refractivity contribution in [3.05, 3.63) is 89.3 Å². The highest BCUT2D eigenvalue weighted by molar-refractivity contribution is 5.57. The van der Waals surface area contributed by atoms with Crippen molar-refractivity contribution in [1.82, 2.24) is 19.6 Å². The molecule has 4 rings (SSSR count). The van der Waals surface area contributed by atoms with Crippen LogP contribution in [0.3, 0.4) is 0 Å². The first-order valence-electron chi connectivity index (χ1n) is 8.47. The zero-order valence-electron chi connectivity index (χ0n) is 14.7. The molecule has 0 amide bonds. The Bertz CT molecular complexity index is 1200. The van der Waals surface area contributed by atoms with Crippen LogP contribution in [0.2, 0.25) is 0 Å². The van der Waals surface area contributed by atoms with Gasteiger partial charge in [-0.25, -0.2) is 9.36 Å². The van der Waals surface area contributed by atoms with Crippen molar-refractivity contribution in [2.45, 2.75) is 6.36 Å². The predicted molar refractivity (Wildman–Crippen MR) is 99.1 cm³/mol. The number of ether oxygens (including phenoxy) is 1. The van der Waals surface area contributed by atoms with Crippen molar-refractivity contribution >= 4 is 0 Å². The highest BCUT2D eigenvalue weighted by atomic mass is 19.4. The Morgan fingerprint density at radius 1 is 0.897 bits per heavy atom. The zero-order valence-corrected chi connectivity index (χ0v) is 14.7. The Hall–Kier alpha value is -3.88. The molecule has 0 saturated carbocycles. The monoisotopic (exact) mass is 398 g/mol. The van der Waals surface area contributed by atoms with Gasteiger partial charge in [0.1, 0.15) is 5.69 Å². The number of aromatic nitrogens is 4. The fourth-order valence-electron chi connectivity index (χ4n) is 2.83. The van der Waals surface area contributed by atoms with Gasteiger partial charge in [0, 0.05) is 12.3 Å². The third-order valence-electron chi connectivity index (χ3n) is 4.03. The standard InChI is InChI=1S/C20H13F3N4O2/c21-20(22,23)29-18-9-5-4-8-15(18)26-13-11-17(28)19(25-26)16-10-12-24-27(16)14-6-2-1-3-7-14/h1-13H. The molecule has 9 heteroatoms. The molecule has 2 heterocycles. The largest absolute Gasteiger partial charge is 0.573 e. The molecular weight excluding hydrogens is 385 g/mol. The summed E-state index contributed by atoms with van der Waals surface area (Å²) in [6, 6.07) is 17.5. The second-order valence-electron chi connectivity index (χ2n) is 5.95. The fraction of sp³-hybridized carbons (Fsp3) is 0.0500. The van der Waals surface area contributed by atoms with Crippen LogP contribution >= 0.6 is 0 Å². The molecule has 0 saturated heterocycles. The number of halogens is 3. The minimum Gasteiger partial charge on any atom is -0.403 e. The molecule has 0 aliphatic carbocycles. The Kier molecular flexibility index (Phi) is 4.63. The van der Waals surface area contributed by atoms with Crippen LogP contribution in [0.4, 0.5) is 13.2 Å². The number of benzene rings is 2. The minimum absolute atomic E-state index is 0.0377. The molecule has 6 nitrogen and oxygen atoms in total. The molecule has 0 bridgehead atoms. The maximum absolute atomic E-state index is 12.7. The maximum Gasteiger partial charge on any atom is 0.573 e. The van der Waals surface area contributed by atoms with Crippen molar-refractivity contribution in [3.8, 4) is 28.5 Å². The molecular formula is C20H13F3N4O2. The van der Waals surface area contributed by atoms with Crippen LogP contribution in [-0.2, 0) is 0 Å². The summed E-state index contributed by atoms with van der Waals surface area (Å²) in [6.07, 6.45) is -2.06. The topological polar surface area (TPSA) is 61.9 Å². The average Bonchev–Trinajstić information content (AvgIpc) is 3.18. The smallest absolute Gasteiger partial charge is 0.403 e. The zero-order chi connectivity index (χ0) is 20.4. The van der Waals surface area contributed by atoms with Gasteiger partial charge in [0.2, 0.25) is 5.43 Å². The van der Waals surface area contributed by atoms with Gasteiger partial charge < -0.3 is 4.74 Å². The molecule has 0 radical (unpaired) electrons. The third kappa shape index (κ3) is 3.88. The predicted octanol–water partition coefficient (Wildman–Crippen LogP) is 3.98.